The second-order valence-electron chi connectivity index (χ2n) is 15.3. The lowest BCUT2D eigenvalue weighted by Crippen LogP contribution is -2.55. The molecule has 3 amide bonds. The van der Waals surface area contributed by atoms with E-state index < -0.39 is 36.0 Å². The Labute approximate surface area is 352 Å². The van der Waals surface area contributed by atoms with Crippen LogP contribution in [0, 0.1) is 13.8 Å². The average Bonchev–Trinajstić information content (AvgIpc) is 3.97. The van der Waals surface area contributed by atoms with Crippen molar-refractivity contribution in [1.82, 2.24) is 40.2 Å². The third kappa shape index (κ3) is 10.2. The molecule has 0 aliphatic rings. The minimum atomic E-state index is -1.39. The van der Waals surface area contributed by atoms with Crippen LogP contribution in [0.5, 0.6) is 5.75 Å². The van der Waals surface area contributed by atoms with E-state index in [0.717, 1.165) is 38.7 Å². The Balaban J connectivity index is 1.17. The van der Waals surface area contributed by atoms with Crippen molar-refractivity contribution in [3.8, 4) is 16.9 Å². The number of carbonyl (C=O) groups is 3. The number of phenols is 1. The topological polar surface area (TPSA) is 215 Å². The molecule has 3 heterocycles. The molecule has 15 nitrogen and oxygen atoms in total. The summed E-state index contributed by atoms with van der Waals surface area (Å²) >= 11 is 0. The van der Waals surface area contributed by atoms with E-state index in [-0.39, 0.29) is 30.9 Å². The van der Waals surface area contributed by atoms with Crippen molar-refractivity contribution < 1.29 is 29.1 Å². The van der Waals surface area contributed by atoms with Crippen molar-refractivity contribution in [2.24, 2.45) is 7.05 Å². The fourth-order valence-corrected chi connectivity index (χ4v) is 7.78. The molecule has 0 saturated carbocycles. The van der Waals surface area contributed by atoms with E-state index >= 15 is 0 Å². The van der Waals surface area contributed by atoms with Crippen LogP contribution >= 0.6 is 0 Å². The van der Waals surface area contributed by atoms with Gasteiger partial charge in [-0.25, -0.2) is 9.78 Å². The van der Waals surface area contributed by atoms with Gasteiger partial charge in [-0.05, 0) is 83.8 Å². The second kappa shape index (κ2) is 18.7. The fraction of sp³-hybridized carbons (Fsp3) is 0.261. The lowest BCUT2D eigenvalue weighted by Gasteiger charge is -2.25. The zero-order valence-corrected chi connectivity index (χ0v) is 34.2. The minimum Gasteiger partial charge on any atom is -0.508 e. The number of hydrogen-bond donors (Lipinski definition) is 6. The molecule has 7 aromatic rings. The highest BCUT2D eigenvalue weighted by molar-refractivity contribution is 5.91. The van der Waals surface area contributed by atoms with Crippen LogP contribution < -0.4 is 21.7 Å². The largest absolute Gasteiger partial charge is 0.508 e. The summed E-state index contributed by atoms with van der Waals surface area (Å²) in [5.41, 5.74) is 13.2. The maximum Gasteiger partial charge on any atom is 0.405 e. The first-order valence-electron chi connectivity index (χ1n) is 20.1. The molecule has 0 saturated heterocycles. The van der Waals surface area contributed by atoms with Crippen molar-refractivity contribution in [3.05, 3.63) is 149 Å². The van der Waals surface area contributed by atoms with Gasteiger partial charge in [-0.1, -0.05) is 78.0 Å². The van der Waals surface area contributed by atoms with E-state index in [9.17, 15) is 24.6 Å². The number of aryl methyl sites for hydroxylation is 4. The van der Waals surface area contributed by atoms with Gasteiger partial charge >= 0.3 is 6.09 Å². The zero-order valence-electron chi connectivity index (χ0n) is 34.2. The summed E-state index contributed by atoms with van der Waals surface area (Å²) in [7, 11) is 1.95. The number of rotatable bonds is 17. The molecule has 15 heteroatoms. The van der Waals surface area contributed by atoms with Crippen molar-refractivity contribution in [3.63, 3.8) is 0 Å². The van der Waals surface area contributed by atoms with Crippen LogP contribution in [-0.2, 0) is 42.4 Å². The Hall–Kier alpha value is -7.42. The first-order chi connectivity index (χ1) is 29.4. The van der Waals surface area contributed by atoms with Gasteiger partial charge in [0.2, 0.25) is 17.7 Å². The predicted octanol–water partition coefficient (Wildman–Crippen LogP) is 6.16. The number of aromatic hydroxyl groups is 1. The van der Waals surface area contributed by atoms with Gasteiger partial charge < -0.3 is 45.6 Å². The number of imidazole rings is 1. The monoisotopic (exact) mass is 823 g/mol. The summed E-state index contributed by atoms with van der Waals surface area (Å²) in [5, 5.41) is 33.6. The van der Waals surface area contributed by atoms with Gasteiger partial charge in [-0.15, -0.1) is 0 Å². The maximum absolute atomic E-state index is 14.7. The third-order valence-corrected chi connectivity index (χ3v) is 10.9. The number of nitrogens with zero attached hydrogens (tertiary/aromatic N) is 5. The van der Waals surface area contributed by atoms with Crippen LogP contribution in [0.1, 0.15) is 58.4 Å². The van der Waals surface area contributed by atoms with Gasteiger partial charge in [0, 0.05) is 62.3 Å². The number of anilines is 1. The highest BCUT2D eigenvalue weighted by atomic mass is 16.5. The third-order valence-electron chi connectivity index (χ3n) is 10.9. The number of carboxylic acid groups (broad SMARTS) is 1. The number of phenolic OH excluding ortho intramolecular Hbond substituents is 1. The number of nitrogens with one attached hydrogen (secondary N) is 3. The summed E-state index contributed by atoms with van der Waals surface area (Å²) in [6, 6.07) is 26.2. The molecule has 0 aliphatic carbocycles. The lowest BCUT2D eigenvalue weighted by atomic mass is 9.95. The molecule has 0 fully saturated rings. The molecular formula is C46H49N9O6. The van der Waals surface area contributed by atoms with Crippen LogP contribution in [0.2, 0.25) is 0 Å². The normalized spacial score (nSPS) is 12.8. The number of nitrogen functional groups attached to an aromatic ring is 1. The molecule has 314 valence electrons. The van der Waals surface area contributed by atoms with Crippen molar-refractivity contribution in [2.45, 2.75) is 70.6 Å². The number of aromatic nitrogens is 5. The summed E-state index contributed by atoms with van der Waals surface area (Å²) < 4.78 is 9.60. The standard InChI is InChI=1S/C46H49N9O6/c1-28-22-34(56)23-29(2)36(28)26-38(49-42(57)37(51-46(59)60)13-9-20-55-21-19-48-45(55)47)43(58)50-39(25-33-27-54(3)40-14-8-7-12-35(33)40)44-52-41(53-61-44)24-30-15-17-32(18-16-30)31-10-5-4-6-11-31/h4-8,10-12,14-19,21-23,27,37-39,51,56H,9,13,20,24-26H2,1-3H3,(H2,47,48)(H,49,57)(H,50,58)(H,59,60). The van der Waals surface area contributed by atoms with E-state index in [1.165, 1.54) is 0 Å². The van der Waals surface area contributed by atoms with Gasteiger partial charge in [0.1, 0.15) is 23.9 Å². The SMILES string of the molecule is Cc1cc(O)cc(C)c1CC(NC(=O)C(CCCn1ccnc1N)NC(=O)O)C(=O)NC(Cc1cn(C)c2ccccc12)c1nc(Cc2ccc(-c3ccccc3)cc2)no1. The Morgan fingerprint density at radius 1 is 0.852 bits per heavy atom. The first kappa shape index (κ1) is 41.7. The number of hydrogen-bond acceptors (Lipinski definition) is 9. The Morgan fingerprint density at radius 2 is 1.54 bits per heavy atom. The van der Waals surface area contributed by atoms with Gasteiger partial charge in [-0.2, -0.15) is 4.98 Å². The molecule has 3 atom stereocenters. The maximum atomic E-state index is 14.7. The molecule has 7 N–H and O–H groups in total. The molecule has 7 rings (SSSR count). The molecule has 0 aliphatic heterocycles. The Morgan fingerprint density at radius 3 is 2.25 bits per heavy atom. The molecule has 0 bridgehead atoms. The van der Waals surface area contributed by atoms with E-state index in [4.69, 9.17) is 15.2 Å². The van der Waals surface area contributed by atoms with E-state index in [2.05, 4.69) is 38.2 Å². The molecule has 0 spiro atoms. The Kier molecular flexibility index (Phi) is 12.8. The van der Waals surface area contributed by atoms with Crippen LogP contribution in [0.15, 0.2) is 114 Å². The number of carbonyl (C=O) groups excluding carboxylic acids is 2. The quantitative estimate of drug-likeness (QED) is 0.0615. The number of amides is 3. The van der Waals surface area contributed by atoms with E-state index in [1.54, 1.807) is 29.1 Å². The summed E-state index contributed by atoms with van der Waals surface area (Å²) in [6.45, 7) is 4.02. The highest BCUT2D eigenvalue weighted by Gasteiger charge is 2.31. The van der Waals surface area contributed by atoms with Crippen LogP contribution in [0.4, 0.5) is 10.7 Å². The fourth-order valence-electron chi connectivity index (χ4n) is 7.78. The van der Waals surface area contributed by atoms with Crippen LogP contribution in [-0.4, -0.2) is 64.5 Å². The first-order valence-corrected chi connectivity index (χ1v) is 20.1. The van der Waals surface area contributed by atoms with E-state index in [1.807, 2.05) is 98.4 Å². The average molecular weight is 824 g/mol. The number of nitrogens with two attached hydrogens (primary N) is 1. The molecule has 3 aromatic heterocycles. The molecule has 0 radical (unpaired) electrons. The molecule has 4 aromatic carbocycles. The number of benzene rings is 4. The van der Waals surface area contributed by atoms with Gasteiger partial charge in [-0.3, -0.25) is 9.59 Å². The van der Waals surface area contributed by atoms with E-state index in [0.29, 0.717) is 42.3 Å². The predicted molar refractivity (Wildman–Crippen MR) is 231 cm³/mol. The summed E-state index contributed by atoms with van der Waals surface area (Å²) in [5.74, 6) is -0.250. The van der Waals surface area contributed by atoms with Gasteiger partial charge in [0.25, 0.3) is 0 Å². The smallest absolute Gasteiger partial charge is 0.405 e. The van der Waals surface area contributed by atoms with Crippen LogP contribution in [0.3, 0.4) is 0 Å². The highest BCUT2D eigenvalue weighted by Crippen LogP contribution is 2.28. The lowest BCUT2D eigenvalue weighted by molar-refractivity contribution is -0.130. The second-order valence-corrected chi connectivity index (χ2v) is 15.3. The van der Waals surface area contributed by atoms with Crippen molar-refractivity contribution >= 4 is 34.8 Å². The van der Waals surface area contributed by atoms with Gasteiger partial charge in [0.15, 0.2) is 11.8 Å². The number of para-hydroxylation sites is 1. The minimum absolute atomic E-state index is 0.0376. The Bertz CT molecular complexity index is 2610. The molecular weight excluding hydrogens is 775 g/mol. The van der Waals surface area contributed by atoms with Gasteiger partial charge in [0.05, 0.1) is 0 Å². The zero-order chi connectivity index (χ0) is 43.0. The van der Waals surface area contributed by atoms with Crippen molar-refractivity contribution in [1.29, 1.82) is 0 Å². The summed E-state index contributed by atoms with van der Waals surface area (Å²) in [4.78, 5) is 49.4. The number of fused-ring (bicyclic) bond motifs is 1. The van der Waals surface area contributed by atoms with Crippen LogP contribution in [0.25, 0.3) is 22.0 Å². The molecule has 61 heavy (non-hydrogen) atoms. The molecule has 3 unspecified atom stereocenters. The summed E-state index contributed by atoms with van der Waals surface area (Å²) in [6.07, 6.45) is 5.06. The van der Waals surface area contributed by atoms with Crippen molar-refractivity contribution in [2.75, 3.05) is 5.73 Å².